The Hall–Kier alpha value is -7.64. The molecule has 4 heterocycles. The Labute approximate surface area is 411 Å². The van der Waals surface area contributed by atoms with E-state index in [4.69, 9.17) is 0 Å². The lowest BCUT2D eigenvalue weighted by atomic mass is 10.0. The zero-order valence-electron chi connectivity index (χ0n) is 36.8. The van der Waals surface area contributed by atoms with Crippen LogP contribution in [0.3, 0.4) is 0 Å². The Morgan fingerprint density at radius 1 is 0.217 bits per heavy atom. The molecule has 320 valence electrons. The van der Waals surface area contributed by atoms with E-state index >= 15 is 0 Å². The normalized spacial score (nSPS) is 12.3. The van der Waals surface area contributed by atoms with Crippen LogP contribution in [0.15, 0.2) is 212 Å². The Kier molecular flexibility index (Phi) is 8.02. The summed E-state index contributed by atoms with van der Waals surface area (Å²) in [4.78, 5) is 2.44. The third-order valence-corrected chi connectivity index (χ3v) is 19.5. The molecule has 4 aromatic heterocycles. The van der Waals surface area contributed by atoms with Crippen molar-refractivity contribution in [3.05, 3.63) is 212 Å². The Morgan fingerprint density at radius 2 is 0.536 bits per heavy atom. The topological polar surface area (TPSA) is 3.24 Å². The van der Waals surface area contributed by atoms with Crippen molar-refractivity contribution in [3.8, 4) is 11.1 Å². The minimum Gasteiger partial charge on any atom is -0.310 e. The van der Waals surface area contributed by atoms with Gasteiger partial charge >= 0.3 is 0 Å². The molecule has 0 aliphatic carbocycles. The molecule has 0 unspecified atom stereocenters. The highest BCUT2D eigenvalue weighted by Crippen LogP contribution is 2.49. The van der Waals surface area contributed by atoms with Crippen LogP contribution in [0, 0.1) is 0 Å². The van der Waals surface area contributed by atoms with Crippen LogP contribution in [0.5, 0.6) is 0 Å². The lowest BCUT2D eigenvalue weighted by molar-refractivity contribution is 1.29. The molecule has 0 atom stereocenters. The summed E-state index contributed by atoms with van der Waals surface area (Å²) in [5, 5.41) is 20.9. The molecule has 0 N–H and O–H groups in total. The van der Waals surface area contributed by atoms with Crippen LogP contribution in [0.4, 0.5) is 17.1 Å². The van der Waals surface area contributed by atoms with Gasteiger partial charge in [-0.1, -0.05) is 127 Å². The fourth-order valence-corrected chi connectivity index (χ4v) is 16.3. The standard InChI is InChI=1S/C64H35NS4/c1-2-8-36(9-3-1)37-14-18-46(19-15-37)65(47-20-16-42-30-55-51-24-22-49-53-28-38-10-4-6-12-40(38)32-57(53)66-61(49)63(51)68-59(55)34-44(42)26-47)48-21-17-43-31-56-52-25-23-50-54-29-39-11-5-7-13-41(39)33-58(54)67-62(50)64(52)69-60(56)35-45(43)27-48/h1-35H. The number of fused-ring (bicyclic) bond motifs is 18. The minimum atomic E-state index is 1.12. The summed E-state index contributed by atoms with van der Waals surface area (Å²) in [6.45, 7) is 0. The predicted molar refractivity (Wildman–Crippen MR) is 308 cm³/mol. The second-order valence-electron chi connectivity index (χ2n) is 18.4. The summed E-state index contributed by atoms with van der Waals surface area (Å²) in [6, 6.07) is 79.9. The van der Waals surface area contributed by atoms with Crippen molar-refractivity contribution in [2.24, 2.45) is 0 Å². The van der Waals surface area contributed by atoms with Gasteiger partial charge in [-0.15, -0.1) is 45.3 Å². The van der Waals surface area contributed by atoms with Gasteiger partial charge in [0.2, 0.25) is 0 Å². The van der Waals surface area contributed by atoms with Crippen LogP contribution in [0.1, 0.15) is 0 Å². The highest BCUT2D eigenvalue weighted by molar-refractivity contribution is 7.34. The fourth-order valence-electron chi connectivity index (χ4n) is 11.1. The van der Waals surface area contributed by atoms with Crippen molar-refractivity contribution >= 4 is 186 Å². The minimum absolute atomic E-state index is 1.12. The van der Waals surface area contributed by atoms with Crippen molar-refractivity contribution in [3.63, 3.8) is 0 Å². The van der Waals surface area contributed by atoms with Crippen LogP contribution in [-0.4, -0.2) is 0 Å². The van der Waals surface area contributed by atoms with E-state index in [1.807, 2.05) is 45.3 Å². The molecular formula is C64H35NS4. The predicted octanol–water partition coefficient (Wildman–Crippen LogP) is 20.9. The smallest absolute Gasteiger partial charge is 0.0534 e. The van der Waals surface area contributed by atoms with Gasteiger partial charge in [-0.2, -0.15) is 0 Å². The van der Waals surface area contributed by atoms with Gasteiger partial charge in [0, 0.05) is 79.0 Å². The van der Waals surface area contributed by atoms with Gasteiger partial charge in [-0.05, 0) is 139 Å². The quantitative estimate of drug-likeness (QED) is 0.170. The molecule has 0 aliphatic heterocycles. The molecule has 12 aromatic carbocycles. The molecule has 1 nitrogen and oxygen atoms in total. The fraction of sp³-hybridized carbons (Fsp3) is 0. The summed E-state index contributed by atoms with van der Waals surface area (Å²) < 4.78 is 10.9. The molecular weight excluding hydrogens is 911 g/mol. The first-order valence-corrected chi connectivity index (χ1v) is 26.6. The maximum atomic E-state index is 2.44. The van der Waals surface area contributed by atoms with Gasteiger partial charge in [0.05, 0.1) is 18.8 Å². The van der Waals surface area contributed by atoms with Crippen LogP contribution < -0.4 is 4.90 Å². The Balaban J connectivity index is 0.845. The first kappa shape index (κ1) is 38.3. The van der Waals surface area contributed by atoms with Gasteiger partial charge in [-0.3, -0.25) is 0 Å². The number of anilines is 3. The van der Waals surface area contributed by atoms with Crippen LogP contribution >= 0.6 is 45.3 Å². The summed E-state index contributed by atoms with van der Waals surface area (Å²) in [5.74, 6) is 0. The monoisotopic (exact) mass is 945 g/mol. The van der Waals surface area contributed by atoms with E-state index in [1.54, 1.807) is 0 Å². The van der Waals surface area contributed by atoms with Crippen molar-refractivity contribution in [2.45, 2.75) is 0 Å². The van der Waals surface area contributed by atoms with E-state index in [0.29, 0.717) is 0 Å². The third-order valence-electron chi connectivity index (χ3n) is 14.5. The number of thiophene rings is 4. The van der Waals surface area contributed by atoms with Crippen LogP contribution in [0.25, 0.3) is 135 Å². The second-order valence-corrected chi connectivity index (χ2v) is 22.7. The summed E-state index contributed by atoms with van der Waals surface area (Å²) in [7, 11) is 0. The first-order chi connectivity index (χ1) is 34.1. The van der Waals surface area contributed by atoms with Crippen LogP contribution in [-0.2, 0) is 0 Å². The van der Waals surface area contributed by atoms with E-state index < -0.39 is 0 Å². The highest BCUT2D eigenvalue weighted by Gasteiger charge is 2.19. The number of benzene rings is 12. The first-order valence-electron chi connectivity index (χ1n) is 23.4. The van der Waals surface area contributed by atoms with Crippen LogP contribution in [0.2, 0.25) is 0 Å². The van der Waals surface area contributed by atoms with Crippen molar-refractivity contribution in [2.75, 3.05) is 4.90 Å². The summed E-state index contributed by atoms with van der Waals surface area (Å²) in [5.41, 5.74) is 5.82. The van der Waals surface area contributed by atoms with Crippen molar-refractivity contribution < 1.29 is 0 Å². The zero-order valence-corrected chi connectivity index (χ0v) is 40.1. The van der Waals surface area contributed by atoms with E-state index in [1.165, 1.54) is 135 Å². The molecule has 16 rings (SSSR count). The van der Waals surface area contributed by atoms with E-state index in [0.717, 1.165) is 17.1 Å². The molecule has 16 aromatic rings. The molecule has 0 spiro atoms. The number of nitrogens with zero attached hydrogens (tertiary/aromatic N) is 1. The zero-order chi connectivity index (χ0) is 44.9. The van der Waals surface area contributed by atoms with Crippen molar-refractivity contribution in [1.82, 2.24) is 0 Å². The molecule has 0 radical (unpaired) electrons. The maximum absolute atomic E-state index is 2.44. The number of hydrogen-bond donors (Lipinski definition) is 0. The molecule has 0 fully saturated rings. The van der Waals surface area contributed by atoms with Gasteiger partial charge < -0.3 is 4.90 Å². The molecule has 0 amide bonds. The molecule has 0 aliphatic rings. The van der Waals surface area contributed by atoms with Gasteiger partial charge in [0.25, 0.3) is 0 Å². The third kappa shape index (κ3) is 5.79. The largest absolute Gasteiger partial charge is 0.310 e. The SMILES string of the molecule is c1ccc(-c2ccc(N(c3ccc4cc5c(cc4c3)sc3c5ccc4c5cc6ccccc6cc5sc43)c3ccc4cc5c(cc4c3)sc3c5ccc4c5cc6ccccc6cc5sc43)cc2)cc1. The Bertz CT molecular complexity index is 4570. The van der Waals surface area contributed by atoms with Gasteiger partial charge in [0.15, 0.2) is 0 Å². The number of rotatable bonds is 4. The second kappa shape index (κ2) is 14.4. The summed E-state index contributed by atoms with van der Waals surface area (Å²) >= 11 is 7.74. The lowest BCUT2D eigenvalue weighted by Crippen LogP contribution is -2.09. The van der Waals surface area contributed by atoms with E-state index in [-0.39, 0.29) is 0 Å². The molecule has 5 heteroatoms. The molecule has 0 bridgehead atoms. The number of hydrogen-bond acceptors (Lipinski definition) is 5. The highest BCUT2D eigenvalue weighted by atomic mass is 32.1. The van der Waals surface area contributed by atoms with Gasteiger partial charge in [0.1, 0.15) is 0 Å². The Morgan fingerprint density at radius 3 is 0.942 bits per heavy atom. The average molecular weight is 946 g/mol. The maximum Gasteiger partial charge on any atom is 0.0534 e. The lowest BCUT2D eigenvalue weighted by Gasteiger charge is -2.26. The summed E-state index contributed by atoms with van der Waals surface area (Å²) in [6.07, 6.45) is 0. The molecule has 0 saturated heterocycles. The molecule has 69 heavy (non-hydrogen) atoms. The molecule has 0 saturated carbocycles. The average Bonchev–Trinajstić information content (AvgIpc) is 4.16. The van der Waals surface area contributed by atoms with Gasteiger partial charge in [-0.25, -0.2) is 0 Å². The van der Waals surface area contributed by atoms with E-state index in [2.05, 4.69) is 217 Å². The van der Waals surface area contributed by atoms with Crippen molar-refractivity contribution in [1.29, 1.82) is 0 Å². The van der Waals surface area contributed by atoms with E-state index in [9.17, 15) is 0 Å².